The van der Waals surface area contributed by atoms with Crippen LogP contribution in [-0.4, -0.2) is 29.3 Å². The Balaban J connectivity index is 2.62. The van der Waals surface area contributed by atoms with Gasteiger partial charge in [0.25, 0.3) is 5.56 Å². The summed E-state index contributed by atoms with van der Waals surface area (Å²) in [4.78, 5) is 22.0. The van der Waals surface area contributed by atoms with Gasteiger partial charge in [0.1, 0.15) is 11.6 Å². The molecular weight excluding hydrogens is 222 g/mol. The van der Waals surface area contributed by atoms with E-state index in [9.17, 15) is 9.59 Å². The van der Waals surface area contributed by atoms with Crippen molar-refractivity contribution in [2.24, 2.45) is 0 Å². The summed E-state index contributed by atoms with van der Waals surface area (Å²) in [5.41, 5.74) is -0.209. The first-order valence-corrected chi connectivity index (χ1v) is 4.65. The molecule has 0 amide bonds. The summed E-state index contributed by atoms with van der Waals surface area (Å²) in [5, 5.41) is 8.31. The van der Waals surface area contributed by atoms with Crippen molar-refractivity contribution < 1.29 is 9.53 Å². The van der Waals surface area contributed by atoms with Gasteiger partial charge in [-0.15, -0.1) is 0 Å². The standard InChI is InChI=1S/C8H10ClN3O3/c1-2-15-6(13)4-10-5-3-11-12-8(14)7(5)9/h3H,2,4H2,1H3,(H2,10,12,14). The molecule has 0 saturated carbocycles. The molecule has 0 aliphatic carbocycles. The maximum atomic E-state index is 11.0. The highest BCUT2D eigenvalue weighted by molar-refractivity contribution is 6.32. The summed E-state index contributed by atoms with van der Waals surface area (Å²) in [5.74, 6) is -0.422. The van der Waals surface area contributed by atoms with E-state index in [1.807, 2.05) is 0 Å². The van der Waals surface area contributed by atoms with Gasteiger partial charge in [-0.1, -0.05) is 11.6 Å². The number of aromatic nitrogens is 2. The lowest BCUT2D eigenvalue weighted by Crippen LogP contribution is -2.19. The van der Waals surface area contributed by atoms with Crippen LogP contribution >= 0.6 is 11.6 Å². The minimum Gasteiger partial charge on any atom is -0.465 e. The number of H-pyrrole nitrogens is 1. The highest BCUT2D eigenvalue weighted by Crippen LogP contribution is 2.13. The maximum absolute atomic E-state index is 11.0. The van der Waals surface area contributed by atoms with Gasteiger partial charge in [-0.2, -0.15) is 5.10 Å². The minimum atomic E-state index is -0.509. The van der Waals surface area contributed by atoms with Gasteiger partial charge in [-0.05, 0) is 6.92 Å². The van der Waals surface area contributed by atoms with Gasteiger partial charge in [0.15, 0.2) is 0 Å². The summed E-state index contributed by atoms with van der Waals surface area (Å²) in [6.07, 6.45) is 1.32. The largest absolute Gasteiger partial charge is 0.465 e. The first-order valence-electron chi connectivity index (χ1n) is 4.27. The molecule has 0 aliphatic heterocycles. The summed E-state index contributed by atoms with van der Waals surface area (Å²) in [6.45, 7) is 1.96. The van der Waals surface area contributed by atoms with Crippen LogP contribution in [0.15, 0.2) is 11.0 Å². The minimum absolute atomic E-state index is 0.0331. The van der Waals surface area contributed by atoms with Gasteiger partial charge in [0.2, 0.25) is 0 Å². The van der Waals surface area contributed by atoms with E-state index in [1.54, 1.807) is 6.92 Å². The molecule has 2 N–H and O–H groups in total. The fraction of sp³-hybridized carbons (Fsp3) is 0.375. The number of carbonyl (C=O) groups excluding carboxylic acids is 1. The Morgan fingerprint density at radius 2 is 2.47 bits per heavy atom. The van der Waals surface area contributed by atoms with E-state index in [2.05, 4.69) is 20.3 Å². The van der Waals surface area contributed by atoms with Crippen LogP contribution in [0.2, 0.25) is 5.02 Å². The number of halogens is 1. The quantitative estimate of drug-likeness (QED) is 0.733. The van der Waals surface area contributed by atoms with E-state index in [-0.39, 0.29) is 11.6 Å². The normalized spacial score (nSPS) is 9.73. The number of ether oxygens (including phenoxy) is 1. The van der Waals surface area contributed by atoms with E-state index in [0.29, 0.717) is 12.3 Å². The maximum Gasteiger partial charge on any atom is 0.325 e. The molecule has 1 rings (SSSR count). The number of anilines is 1. The lowest BCUT2D eigenvalue weighted by Gasteiger charge is -2.05. The summed E-state index contributed by atoms with van der Waals surface area (Å²) in [7, 11) is 0. The van der Waals surface area contributed by atoms with Crippen LogP contribution in [0.4, 0.5) is 5.69 Å². The molecule has 7 heteroatoms. The highest BCUT2D eigenvalue weighted by atomic mass is 35.5. The van der Waals surface area contributed by atoms with E-state index in [0.717, 1.165) is 0 Å². The predicted molar refractivity (Wildman–Crippen MR) is 55.0 cm³/mol. The van der Waals surface area contributed by atoms with E-state index < -0.39 is 11.5 Å². The second kappa shape index (κ2) is 5.35. The topological polar surface area (TPSA) is 84.1 Å². The van der Waals surface area contributed by atoms with Crippen molar-refractivity contribution in [3.05, 3.63) is 21.6 Å². The van der Waals surface area contributed by atoms with Gasteiger partial charge < -0.3 is 10.1 Å². The summed E-state index contributed by atoms with van der Waals surface area (Å²) >= 11 is 5.66. The van der Waals surface area contributed by atoms with Crippen LogP contribution in [0.5, 0.6) is 0 Å². The Hall–Kier alpha value is -1.56. The smallest absolute Gasteiger partial charge is 0.325 e. The number of nitrogens with one attached hydrogen (secondary N) is 2. The zero-order valence-electron chi connectivity index (χ0n) is 8.04. The molecule has 6 nitrogen and oxygen atoms in total. The monoisotopic (exact) mass is 231 g/mol. The van der Waals surface area contributed by atoms with Crippen LogP contribution in [0, 0.1) is 0 Å². The van der Waals surface area contributed by atoms with Crippen molar-refractivity contribution in [2.75, 3.05) is 18.5 Å². The van der Waals surface area contributed by atoms with Crippen molar-refractivity contribution in [3.8, 4) is 0 Å². The third-order valence-electron chi connectivity index (χ3n) is 1.52. The molecular formula is C8H10ClN3O3. The lowest BCUT2D eigenvalue weighted by atomic mass is 10.4. The molecule has 0 unspecified atom stereocenters. The number of aromatic amines is 1. The molecule has 0 spiro atoms. The number of nitrogens with zero attached hydrogens (tertiary/aromatic N) is 1. The zero-order chi connectivity index (χ0) is 11.3. The highest BCUT2D eigenvalue weighted by Gasteiger charge is 2.06. The molecule has 1 heterocycles. The Morgan fingerprint density at radius 1 is 1.73 bits per heavy atom. The van der Waals surface area contributed by atoms with Crippen molar-refractivity contribution in [3.63, 3.8) is 0 Å². The molecule has 15 heavy (non-hydrogen) atoms. The molecule has 0 radical (unpaired) electrons. The van der Waals surface area contributed by atoms with E-state index in [4.69, 9.17) is 11.6 Å². The van der Waals surface area contributed by atoms with Gasteiger partial charge in [-0.25, -0.2) is 5.10 Å². The van der Waals surface area contributed by atoms with E-state index in [1.165, 1.54) is 6.20 Å². The van der Waals surface area contributed by atoms with Crippen molar-refractivity contribution in [1.29, 1.82) is 0 Å². The molecule has 0 atom stereocenters. The van der Waals surface area contributed by atoms with Crippen LogP contribution < -0.4 is 10.9 Å². The van der Waals surface area contributed by atoms with Gasteiger partial charge in [0, 0.05) is 0 Å². The van der Waals surface area contributed by atoms with Gasteiger partial charge in [0.05, 0.1) is 18.5 Å². The lowest BCUT2D eigenvalue weighted by molar-refractivity contribution is -0.140. The van der Waals surface area contributed by atoms with Gasteiger partial charge in [-0.3, -0.25) is 9.59 Å². The SMILES string of the molecule is CCOC(=O)CNc1cn[nH]c(=O)c1Cl. The predicted octanol–water partition coefficient (Wildman–Crippen LogP) is 0.398. The third-order valence-corrected chi connectivity index (χ3v) is 1.90. The second-order valence-electron chi connectivity index (χ2n) is 2.59. The fourth-order valence-electron chi connectivity index (χ4n) is 0.886. The number of rotatable bonds is 4. The molecule has 1 aromatic heterocycles. The summed E-state index contributed by atoms with van der Waals surface area (Å²) < 4.78 is 4.68. The summed E-state index contributed by atoms with van der Waals surface area (Å²) in [6, 6.07) is 0. The van der Waals surface area contributed by atoms with Crippen molar-refractivity contribution in [2.45, 2.75) is 6.92 Å². The Bertz CT molecular complexity index is 404. The van der Waals surface area contributed by atoms with Crippen LogP contribution in [-0.2, 0) is 9.53 Å². The second-order valence-corrected chi connectivity index (χ2v) is 2.96. The first kappa shape index (κ1) is 11.5. The average Bonchev–Trinajstić information content (AvgIpc) is 2.21. The zero-order valence-corrected chi connectivity index (χ0v) is 8.80. The Kier molecular flexibility index (Phi) is 4.11. The molecule has 0 saturated heterocycles. The molecule has 0 aliphatic rings. The number of hydrogen-bond donors (Lipinski definition) is 2. The first-order chi connectivity index (χ1) is 7.15. The fourth-order valence-corrected chi connectivity index (χ4v) is 1.04. The molecule has 0 aromatic carbocycles. The average molecular weight is 232 g/mol. The Labute approximate surface area is 90.6 Å². The van der Waals surface area contributed by atoms with Crippen molar-refractivity contribution >= 4 is 23.3 Å². The number of esters is 1. The molecule has 0 fully saturated rings. The van der Waals surface area contributed by atoms with Crippen molar-refractivity contribution in [1.82, 2.24) is 10.2 Å². The number of hydrogen-bond acceptors (Lipinski definition) is 5. The Morgan fingerprint density at radius 3 is 3.13 bits per heavy atom. The van der Waals surface area contributed by atoms with Crippen LogP contribution in [0.25, 0.3) is 0 Å². The third kappa shape index (κ3) is 3.25. The van der Waals surface area contributed by atoms with Crippen LogP contribution in [0.3, 0.4) is 0 Å². The number of carbonyl (C=O) groups is 1. The van der Waals surface area contributed by atoms with Gasteiger partial charge >= 0.3 is 5.97 Å². The van der Waals surface area contributed by atoms with E-state index >= 15 is 0 Å². The molecule has 0 bridgehead atoms. The van der Waals surface area contributed by atoms with Crippen LogP contribution in [0.1, 0.15) is 6.92 Å². The molecule has 82 valence electrons. The molecule has 1 aromatic rings.